The van der Waals surface area contributed by atoms with Gasteiger partial charge in [0, 0.05) is 23.9 Å². The number of thiophene rings is 1. The van der Waals surface area contributed by atoms with Crippen molar-refractivity contribution in [2.24, 2.45) is 0 Å². The highest BCUT2D eigenvalue weighted by atomic mass is 32.2. The Labute approximate surface area is 166 Å². The zero-order valence-corrected chi connectivity index (χ0v) is 16.4. The molecule has 27 heavy (non-hydrogen) atoms. The van der Waals surface area contributed by atoms with Crippen LogP contribution in [0.2, 0.25) is 0 Å². The first-order valence-electron chi connectivity index (χ1n) is 8.42. The number of ether oxygens (including phenoxy) is 1. The number of aromatic nitrogens is 1. The van der Waals surface area contributed by atoms with E-state index in [1.807, 2.05) is 47.8 Å². The highest BCUT2D eigenvalue weighted by Crippen LogP contribution is 2.26. The number of nitrogens with zero attached hydrogens (tertiary/aromatic N) is 1. The summed E-state index contributed by atoms with van der Waals surface area (Å²) in [5, 5.41) is 8.98. The first-order chi connectivity index (χ1) is 13.3. The van der Waals surface area contributed by atoms with Gasteiger partial charge in [-0.1, -0.05) is 42.1 Å². The third-order valence-electron chi connectivity index (χ3n) is 3.61. The molecule has 140 valence electrons. The minimum atomic E-state index is -0.0273. The number of amides is 1. The van der Waals surface area contributed by atoms with Crippen LogP contribution >= 0.6 is 23.1 Å². The minimum absolute atomic E-state index is 0.0273. The van der Waals surface area contributed by atoms with Crippen LogP contribution in [0.3, 0.4) is 0 Å². The third-order valence-corrected chi connectivity index (χ3v) is 5.46. The van der Waals surface area contributed by atoms with Gasteiger partial charge in [0.15, 0.2) is 5.76 Å². The van der Waals surface area contributed by atoms with Crippen LogP contribution in [-0.2, 0) is 17.1 Å². The van der Waals surface area contributed by atoms with Gasteiger partial charge in [-0.3, -0.25) is 4.79 Å². The first-order valence-corrected chi connectivity index (χ1v) is 10.4. The van der Waals surface area contributed by atoms with Gasteiger partial charge in [0.1, 0.15) is 12.4 Å². The summed E-state index contributed by atoms with van der Waals surface area (Å²) in [5.74, 6) is 2.48. The zero-order chi connectivity index (χ0) is 18.9. The molecule has 5 nitrogen and oxygen atoms in total. The van der Waals surface area contributed by atoms with Crippen LogP contribution in [0.25, 0.3) is 10.6 Å². The lowest BCUT2D eigenvalue weighted by Gasteiger charge is -2.11. The predicted octanol–water partition coefficient (Wildman–Crippen LogP) is 4.52. The summed E-state index contributed by atoms with van der Waals surface area (Å²) in [6.45, 7) is 4.51. The lowest BCUT2D eigenvalue weighted by Crippen LogP contribution is -2.25. The fourth-order valence-electron chi connectivity index (χ4n) is 2.35. The standard InChI is InChI=1S/C20H20N2O3S2/c1-2-9-24-17-7-4-3-6-15(17)12-21-20(23)14-26-13-16-11-18(25-22-16)19-8-5-10-27-19/h2-8,10-11H,1,9,12-14H2,(H,21,23). The van der Waals surface area contributed by atoms with Crippen LogP contribution in [-0.4, -0.2) is 23.4 Å². The van der Waals surface area contributed by atoms with Gasteiger partial charge in [-0.25, -0.2) is 0 Å². The Kier molecular flexibility index (Phi) is 7.12. The molecular weight excluding hydrogens is 380 g/mol. The smallest absolute Gasteiger partial charge is 0.230 e. The summed E-state index contributed by atoms with van der Waals surface area (Å²) in [7, 11) is 0. The van der Waals surface area contributed by atoms with Gasteiger partial charge in [0.25, 0.3) is 0 Å². The average Bonchev–Trinajstić information content (AvgIpc) is 3.37. The molecule has 0 saturated carbocycles. The van der Waals surface area contributed by atoms with Crippen LogP contribution < -0.4 is 10.1 Å². The fourth-order valence-corrected chi connectivity index (χ4v) is 3.76. The maximum Gasteiger partial charge on any atom is 0.230 e. The predicted molar refractivity (Wildman–Crippen MR) is 110 cm³/mol. The van der Waals surface area contributed by atoms with E-state index < -0.39 is 0 Å². The number of hydrogen-bond donors (Lipinski definition) is 1. The largest absolute Gasteiger partial charge is 0.489 e. The monoisotopic (exact) mass is 400 g/mol. The van der Waals surface area contributed by atoms with E-state index >= 15 is 0 Å². The molecule has 0 fully saturated rings. The quantitative estimate of drug-likeness (QED) is 0.507. The van der Waals surface area contributed by atoms with Gasteiger partial charge in [-0.2, -0.15) is 0 Å². The molecule has 0 aliphatic rings. The van der Waals surface area contributed by atoms with Crippen LogP contribution in [0.4, 0.5) is 0 Å². The molecule has 2 aromatic heterocycles. The topological polar surface area (TPSA) is 64.4 Å². The zero-order valence-electron chi connectivity index (χ0n) is 14.7. The van der Waals surface area contributed by atoms with E-state index in [1.54, 1.807) is 17.4 Å². The Morgan fingerprint density at radius 1 is 1.33 bits per heavy atom. The maximum atomic E-state index is 12.1. The van der Waals surface area contributed by atoms with Crippen molar-refractivity contribution in [3.05, 3.63) is 71.8 Å². The molecule has 0 atom stereocenters. The van der Waals surface area contributed by atoms with Crippen LogP contribution in [0.1, 0.15) is 11.3 Å². The number of carbonyl (C=O) groups is 1. The molecule has 1 aromatic carbocycles. The van der Waals surface area contributed by atoms with Gasteiger partial charge in [-0.15, -0.1) is 23.1 Å². The van der Waals surface area contributed by atoms with E-state index in [9.17, 15) is 4.79 Å². The summed E-state index contributed by atoms with van der Waals surface area (Å²) >= 11 is 3.11. The second-order valence-electron chi connectivity index (χ2n) is 5.64. The number of nitrogens with one attached hydrogen (secondary N) is 1. The molecular formula is C20H20N2O3S2. The fraction of sp³-hybridized carbons (Fsp3) is 0.200. The highest BCUT2D eigenvalue weighted by molar-refractivity contribution is 7.99. The van der Waals surface area contributed by atoms with Crippen molar-refractivity contribution in [2.45, 2.75) is 12.3 Å². The van der Waals surface area contributed by atoms with Crippen molar-refractivity contribution < 1.29 is 14.1 Å². The lowest BCUT2D eigenvalue weighted by atomic mass is 10.2. The second-order valence-corrected chi connectivity index (χ2v) is 7.57. The number of hydrogen-bond acceptors (Lipinski definition) is 6. The average molecular weight is 401 g/mol. The molecule has 0 saturated heterocycles. The van der Waals surface area contributed by atoms with Crippen molar-refractivity contribution in [1.29, 1.82) is 0 Å². The summed E-state index contributed by atoms with van der Waals surface area (Å²) < 4.78 is 10.9. The second kappa shape index (κ2) is 9.99. The lowest BCUT2D eigenvalue weighted by molar-refractivity contribution is -0.118. The molecule has 3 rings (SSSR count). The molecule has 1 amide bonds. The number of para-hydroxylation sites is 1. The number of thioether (sulfide) groups is 1. The SMILES string of the molecule is C=CCOc1ccccc1CNC(=O)CSCc1cc(-c2cccs2)on1. The Balaban J connectivity index is 1.42. The van der Waals surface area contributed by atoms with E-state index in [0.717, 1.165) is 27.6 Å². The van der Waals surface area contributed by atoms with Gasteiger partial charge < -0.3 is 14.6 Å². The summed E-state index contributed by atoms with van der Waals surface area (Å²) in [4.78, 5) is 13.1. The van der Waals surface area contributed by atoms with Gasteiger partial charge >= 0.3 is 0 Å². The Morgan fingerprint density at radius 3 is 3.04 bits per heavy atom. The van der Waals surface area contributed by atoms with Crippen molar-refractivity contribution in [2.75, 3.05) is 12.4 Å². The summed E-state index contributed by atoms with van der Waals surface area (Å²) in [6, 6.07) is 13.5. The van der Waals surface area contributed by atoms with Crippen LogP contribution in [0.5, 0.6) is 5.75 Å². The molecule has 1 N–H and O–H groups in total. The van der Waals surface area contributed by atoms with E-state index in [4.69, 9.17) is 9.26 Å². The normalized spacial score (nSPS) is 10.5. The van der Waals surface area contributed by atoms with E-state index in [0.29, 0.717) is 24.7 Å². The molecule has 0 bridgehead atoms. The summed E-state index contributed by atoms with van der Waals surface area (Å²) in [5.41, 5.74) is 1.77. The maximum absolute atomic E-state index is 12.1. The molecule has 2 heterocycles. The van der Waals surface area contributed by atoms with E-state index in [-0.39, 0.29) is 5.91 Å². The van der Waals surface area contributed by atoms with E-state index in [2.05, 4.69) is 17.1 Å². The number of carbonyl (C=O) groups excluding carboxylic acids is 1. The molecule has 7 heteroatoms. The molecule has 3 aromatic rings. The van der Waals surface area contributed by atoms with Crippen LogP contribution in [0, 0.1) is 0 Å². The molecule has 0 radical (unpaired) electrons. The molecule has 0 spiro atoms. The highest BCUT2D eigenvalue weighted by Gasteiger charge is 2.09. The van der Waals surface area contributed by atoms with Crippen LogP contribution in [0.15, 0.2) is 65.0 Å². The van der Waals surface area contributed by atoms with Crippen molar-refractivity contribution in [1.82, 2.24) is 10.5 Å². The molecule has 0 unspecified atom stereocenters. The van der Waals surface area contributed by atoms with Crippen molar-refractivity contribution in [3.8, 4) is 16.4 Å². The van der Waals surface area contributed by atoms with Gasteiger partial charge in [0.2, 0.25) is 5.91 Å². The Morgan fingerprint density at radius 2 is 2.22 bits per heavy atom. The first kappa shape index (κ1) is 19.3. The third kappa shape index (κ3) is 5.74. The number of rotatable bonds is 10. The van der Waals surface area contributed by atoms with Crippen molar-refractivity contribution >= 4 is 29.0 Å². The van der Waals surface area contributed by atoms with Gasteiger partial charge in [0.05, 0.1) is 16.3 Å². The Bertz CT molecular complexity index is 875. The molecule has 0 aliphatic carbocycles. The molecule has 0 aliphatic heterocycles. The van der Waals surface area contributed by atoms with Crippen molar-refractivity contribution in [3.63, 3.8) is 0 Å². The summed E-state index contributed by atoms with van der Waals surface area (Å²) in [6.07, 6.45) is 1.69. The Hall–Kier alpha value is -2.51. The number of benzene rings is 1. The van der Waals surface area contributed by atoms with Gasteiger partial charge in [-0.05, 0) is 17.5 Å². The minimum Gasteiger partial charge on any atom is -0.489 e. The van der Waals surface area contributed by atoms with E-state index in [1.165, 1.54) is 11.8 Å².